The zero-order valence-corrected chi connectivity index (χ0v) is 21.7. The van der Waals surface area contributed by atoms with Crippen LogP contribution in [0.5, 0.6) is 0 Å². The predicted octanol–water partition coefficient (Wildman–Crippen LogP) is 4.21. The molecule has 192 valence electrons. The molecule has 1 aliphatic heterocycles. The highest BCUT2D eigenvalue weighted by Crippen LogP contribution is 2.19. The van der Waals surface area contributed by atoms with Crippen molar-refractivity contribution >= 4 is 23.0 Å². The van der Waals surface area contributed by atoms with Gasteiger partial charge in [0.25, 0.3) is 5.91 Å². The largest absolute Gasteiger partial charge is 0.331 e. The van der Waals surface area contributed by atoms with Crippen LogP contribution in [0.2, 0.25) is 0 Å². The molecule has 7 heteroatoms. The van der Waals surface area contributed by atoms with Crippen molar-refractivity contribution in [2.24, 2.45) is 7.05 Å². The molecule has 0 unspecified atom stereocenters. The van der Waals surface area contributed by atoms with Crippen LogP contribution in [0.25, 0.3) is 17.1 Å². The van der Waals surface area contributed by atoms with Crippen LogP contribution in [-0.4, -0.2) is 58.1 Å². The first-order valence-corrected chi connectivity index (χ1v) is 13.0. The molecule has 0 spiro atoms. The van der Waals surface area contributed by atoms with E-state index in [-0.39, 0.29) is 5.91 Å². The van der Waals surface area contributed by atoms with Gasteiger partial charge in [-0.3, -0.25) is 15.1 Å². The van der Waals surface area contributed by atoms with Crippen molar-refractivity contribution in [2.75, 3.05) is 32.7 Å². The summed E-state index contributed by atoms with van der Waals surface area (Å²) in [5.41, 5.74) is 8.56. The third-order valence-corrected chi connectivity index (χ3v) is 7.06. The smallest absolute Gasteiger partial charge is 0.265 e. The molecule has 1 fully saturated rings. The minimum Gasteiger partial charge on any atom is -0.331 e. The molecule has 1 amide bonds. The summed E-state index contributed by atoms with van der Waals surface area (Å²) < 4.78 is 2.09. The van der Waals surface area contributed by atoms with E-state index < -0.39 is 0 Å². The van der Waals surface area contributed by atoms with Gasteiger partial charge in [0.1, 0.15) is 5.82 Å². The van der Waals surface area contributed by atoms with Gasteiger partial charge in [0.05, 0.1) is 22.7 Å². The summed E-state index contributed by atoms with van der Waals surface area (Å²) in [6.45, 7) is 4.29. The monoisotopic (exact) mass is 504 g/mol. The van der Waals surface area contributed by atoms with Crippen LogP contribution in [-0.2, 0) is 19.9 Å². The van der Waals surface area contributed by atoms with Gasteiger partial charge < -0.3 is 4.57 Å². The van der Waals surface area contributed by atoms with Crippen molar-refractivity contribution in [3.8, 4) is 6.07 Å². The standard InChI is InChI=1S/C31H32N6O/c1-35-29-15-14-27(22-28(29)33-30(35)16-13-25-9-11-26(23-32)12-10-25)31(38)34-37-20-18-36(19-21-37)17-5-8-24-6-3-2-4-7-24/h2-12,14-15,22H,13,16-21H2,1H3,(H,34,38)/b8-5+. The number of carbonyl (C=O) groups excluding carboxylic acids is 1. The summed E-state index contributed by atoms with van der Waals surface area (Å²) in [5, 5.41) is 11.0. The lowest BCUT2D eigenvalue weighted by Gasteiger charge is -2.34. The summed E-state index contributed by atoms with van der Waals surface area (Å²) in [5.74, 6) is 0.869. The summed E-state index contributed by atoms with van der Waals surface area (Å²) >= 11 is 0. The van der Waals surface area contributed by atoms with Gasteiger partial charge in [0, 0.05) is 51.8 Å². The summed E-state index contributed by atoms with van der Waals surface area (Å²) in [6.07, 6.45) is 5.97. The van der Waals surface area contributed by atoms with E-state index in [0.717, 1.165) is 62.4 Å². The maximum Gasteiger partial charge on any atom is 0.265 e. The first kappa shape index (κ1) is 25.4. The quantitative estimate of drug-likeness (QED) is 0.389. The van der Waals surface area contributed by atoms with Crippen molar-refractivity contribution in [3.05, 3.63) is 107 Å². The third-order valence-electron chi connectivity index (χ3n) is 7.06. The number of nitrogens with one attached hydrogen (secondary N) is 1. The van der Waals surface area contributed by atoms with Gasteiger partial charge in [-0.25, -0.2) is 9.99 Å². The Labute approximate surface area is 223 Å². The molecule has 1 N–H and O–H groups in total. The molecule has 0 bridgehead atoms. The number of hydrazine groups is 1. The first-order valence-electron chi connectivity index (χ1n) is 13.0. The molecule has 7 nitrogen and oxygen atoms in total. The van der Waals surface area contributed by atoms with Gasteiger partial charge in [-0.2, -0.15) is 5.26 Å². The van der Waals surface area contributed by atoms with Crippen LogP contribution in [0, 0.1) is 11.3 Å². The number of fused-ring (bicyclic) bond motifs is 1. The second kappa shape index (κ2) is 11.9. The number of piperazine rings is 1. The number of rotatable bonds is 8. The van der Waals surface area contributed by atoms with E-state index in [1.165, 1.54) is 11.1 Å². The number of imidazole rings is 1. The molecule has 1 saturated heterocycles. The number of nitrogens with zero attached hydrogens (tertiary/aromatic N) is 5. The molecule has 5 rings (SSSR count). The van der Waals surface area contributed by atoms with Crippen molar-refractivity contribution in [3.63, 3.8) is 0 Å². The van der Waals surface area contributed by atoms with E-state index in [0.29, 0.717) is 11.1 Å². The molecular weight excluding hydrogens is 472 g/mol. The van der Waals surface area contributed by atoms with E-state index in [1.807, 2.05) is 72.7 Å². The first-order chi connectivity index (χ1) is 18.6. The van der Waals surface area contributed by atoms with Gasteiger partial charge in [-0.05, 0) is 47.9 Å². The number of amides is 1. The minimum absolute atomic E-state index is 0.103. The Morgan fingerprint density at radius 1 is 1.00 bits per heavy atom. The van der Waals surface area contributed by atoms with Crippen LogP contribution >= 0.6 is 0 Å². The number of hydrogen-bond donors (Lipinski definition) is 1. The fourth-order valence-electron chi connectivity index (χ4n) is 4.77. The van der Waals surface area contributed by atoms with Crippen LogP contribution in [0.15, 0.2) is 78.9 Å². The van der Waals surface area contributed by atoms with Gasteiger partial charge in [0.15, 0.2) is 0 Å². The maximum atomic E-state index is 13.0. The predicted molar refractivity (Wildman–Crippen MR) is 150 cm³/mol. The fraction of sp³-hybridized carbons (Fsp3) is 0.258. The normalized spacial score (nSPS) is 14.6. The van der Waals surface area contributed by atoms with Crippen LogP contribution in [0.3, 0.4) is 0 Å². The second-order valence-corrected chi connectivity index (χ2v) is 9.64. The van der Waals surface area contributed by atoms with E-state index >= 15 is 0 Å². The third kappa shape index (κ3) is 6.17. The van der Waals surface area contributed by atoms with Gasteiger partial charge in [0.2, 0.25) is 0 Å². The minimum atomic E-state index is -0.103. The van der Waals surface area contributed by atoms with Gasteiger partial charge >= 0.3 is 0 Å². The Balaban J connectivity index is 1.14. The highest BCUT2D eigenvalue weighted by atomic mass is 16.2. The molecule has 38 heavy (non-hydrogen) atoms. The van der Waals surface area contributed by atoms with Gasteiger partial charge in [-0.1, -0.05) is 54.6 Å². The molecule has 1 aliphatic rings. The molecule has 0 atom stereocenters. The lowest BCUT2D eigenvalue weighted by molar-refractivity contribution is 0.0641. The molecular formula is C31H32N6O. The fourth-order valence-corrected chi connectivity index (χ4v) is 4.77. The van der Waals surface area contributed by atoms with Crippen molar-refractivity contribution in [1.29, 1.82) is 5.26 Å². The van der Waals surface area contributed by atoms with E-state index in [4.69, 9.17) is 10.2 Å². The van der Waals surface area contributed by atoms with Gasteiger partial charge in [-0.15, -0.1) is 0 Å². The molecule has 0 saturated carbocycles. The lowest BCUT2D eigenvalue weighted by atomic mass is 10.1. The molecule has 2 heterocycles. The summed E-state index contributed by atoms with van der Waals surface area (Å²) in [4.78, 5) is 20.2. The average Bonchev–Trinajstić information content (AvgIpc) is 3.28. The maximum absolute atomic E-state index is 13.0. The van der Waals surface area contributed by atoms with Crippen LogP contribution < -0.4 is 5.43 Å². The Morgan fingerprint density at radius 2 is 1.76 bits per heavy atom. The Bertz CT molecular complexity index is 1460. The van der Waals surface area contributed by atoms with Crippen molar-refractivity contribution < 1.29 is 4.79 Å². The highest BCUT2D eigenvalue weighted by molar-refractivity contribution is 5.97. The van der Waals surface area contributed by atoms with E-state index in [1.54, 1.807) is 0 Å². The Kier molecular flexibility index (Phi) is 7.93. The molecule has 3 aromatic carbocycles. The van der Waals surface area contributed by atoms with E-state index in [2.05, 4.69) is 45.2 Å². The Morgan fingerprint density at radius 3 is 2.50 bits per heavy atom. The second-order valence-electron chi connectivity index (χ2n) is 9.64. The van der Waals surface area contributed by atoms with E-state index in [9.17, 15) is 4.79 Å². The summed E-state index contributed by atoms with van der Waals surface area (Å²) in [6, 6.07) is 25.9. The Hall–Kier alpha value is -4.25. The molecule has 1 aromatic heterocycles. The zero-order valence-electron chi connectivity index (χ0n) is 21.7. The summed E-state index contributed by atoms with van der Waals surface area (Å²) in [7, 11) is 2.01. The molecule has 0 aliphatic carbocycles. The number of hydrogen-bond acceptors (Lipinski definition) is 5. The lowest BCUT2D eigenvalue weighted by Crippen LogP contribution is -2.53. The topological polar surface area (TPSA) is 77.2 Å². The van der Waals surface area contributed by atoms with Crippen LogP contribution in [0.1, 0.15) is 32.9 Å². The van der Waals surface area contributed by atoms with Crippen molar-refractivity contribution in [1.82, 2.24) is 24.9 Å². The SMILES string of the molecule is Cn1c(CCc2ccc(C#N)cc2)nc2cc(C(=O)NN3CCN(C/C=C/c4ccccc4)CC3)ccc21. The number of benzene rings is 3. The number of nitriles is 1. The average molecular weight is 505 g/mol. The number of aryl methyl sites for hydroxylation is 3. The number of aromatic nitrogens is 2. The highest BCUT2D eigenvalue weighted by Gasteiger charge is 2.19. The molecule has 0 radical (unpaired) electrons. The number of carbonyl (C=O) groups is 1. The zero-order chi connectivity index (χ0) is 26.3. The van der Waals surface area contributed by atoms with Crippen molar-refractivity contribution in [2.45, 2.75) is 12.8 Å². The van der Waals surface area contributed by atoms with Crippen LogP contribution in [0.4, 0.5) is 0 Å². The molecule has 4 aromatic rings.